The first-order valence-electron chi connectivity index (χ1n) is 10.8. The van der Waals surface area contributed by atoms with Gasteiger partial charge in [0.05, 0.1) is 10.4 Å². The summed E-state index contributed by atoms with van der Waals surface area (Å²) in [7, 11) is 0. The molecule has 2 fully saturated rings. The summed E-state index contributed by atoms with van der Waals surface area (Å²) < 4.78 is 0.985. The first-order chi connectivity index (χ1) is 14.8. The zero-order valence-corrected chi connectivity index (χ0v) is 17.7. The lowest BCUT2D eigenvalue weighted by molar-refractivity contribution is -0.120. The lowest BCUT2D eigenvalue weighted by Gasteiger charge is -2.20. The van der Waals surface area contributed by atoms with Gasteiger partial charge in [-0.05, 0) is 37.9 Å². The van der Waals surface area contributed by atoms with E-state index >= 15 is 0 Å². The van der Waals surface area contributed by atoms with Crippen LogP contribution in [-0.4, -0.2) is 40.0 Å². The third-order valence-corrected chi connectivity index (χ3v) is 6.96. The number of carbonyl (C=O) groups is 1. The number of hydrogen-bond donors (Lipinski definition) is 3. The molecule has 0 spiro atoms. The molecule has 1 amide bonds. The molecule has 4 heterocycles. The minimum Gasteiger partial charge on any atom is -0.365 e. The maximum absolute atomic E-state index is 12.8. The molecular formula is C22H26N6OS. The lowest BCUT2D eigenvalue weighted by Crippen LogP contribution is -2.24. The SMILES string of the molecule is O=C(Nc1csc2c(N[C@@H]3CCNC3)nc(-c3ccncc3)nc12)C1CCCCC1. The van der Waals surface area contributed by atoms with Crippen molar-refractivity contribution < 1.29 is 4.79 Å². The van der Waals surface area contributed by atoms with Crippen LogP contribution in [0, 0.1) is 5.92 Å². The Kier molecular flexibility index (Phi) is 5.59. The molecule has 1 atom stereocenters. The summed E-state index contributed by atoms with van der Waals surface area (Å²) in [5, 5.41) is 12.1. The van der Waals surface area contributed by atoms with Gasteiger partial charge < -0.3 is 16.0 Å². The number of hydrogen-bond acceptors (Lipinski definition) is 7. The number of amides is 1. The van der Waals surface area contributed by atoms with Gasteiger partial charge in [-0.1, -0.05) is 19.3 Å². The van der Waals surface area contributed by atoms with Crippen molar-refractivity contribution in [2.75, 3.05) is 23.7 Å². The van der Waals surface area contributed by atoms with Gasteiger partial charge in [-0.25, -0.2) is 9.97 Å². The molecule has 5 rings (SSSR count). The molecule has 1 saturated carbocycles. The highest BCUT2D eigenvalue weighted by Crippen LogP contribution is 2.36. The van der Waals surface area contributed by atoms with Crippen LogP contribution in [0.3, 0.4) is 0 Å². The molecule has 3 aromatic rings. The number of rotatable bonds is 5. The van der Waals surface area contributed by atoms with Crippen molar-refractivity contribution in [3.8, 4) is 11.4 Å². The Morgan fingerprint density at radius 3 is 2.70 bits per heavy atom. The third-order valence-electron chi connectivity index (χ3n) is 5.99. The second-order valence-corrected chi connectivity index (χ2v) is 9.00. The molecule has 0 radical (unpaired) electrons. The van der Waals surface area contributed by atoms with Gasteiger partial charge in [0.25, 0.3) is 0 Å². The fourth-order valence-corrected chi connectivity index (χ4v) is 5.20. The lowest BCUT2D eigenvalue weighted by atomic mass is 9.88. The monoisotopic (exact) mass is 422 g/mol. The topological polar surface area (TPSA) is 91.8 Å². The second-order valence-electron chi connectivity index (χ2n) is 8.12. The maximum atomic E-state index is 12.8. The van der Waals surface area contributed by atoms with Gasteiger partial charge in [0.2, 0.25) is 5.91 Å². The Bertz CT molecular complexity index is 1020. The number of thiophene rings is 1. The fourth-order valence-electron chi connectivity index (χ4n) is 4.31. The van der Waals surface area contributed by atoms with Gasteiger partial charge in [-0.15, -0.1) is 11.3 Å². The molecule has 7 nitrogen and oxygen atoms in total. The molecule has 1 aliphatic heterocycles. The zero-order chi connectivity index (χ0) is 20.3. The highest BCUT2D eigenvalue weighted by atomic mass is 32.1. The first-order valence-corrected chi connectivity index (χ1v) is 11.6. The van der Waals surface area contributed by atoms with Gasteiger partial charge in [0.1, 0.15) is 11.3 Å². The molecule has 156 valence electrons. The molecule has 8 heteroatoms. The Balaban J connectivity index is 1.51. The van der Waals surface area contributed by atoms with E-state index in [1.165, 1.54) is 6.42 Å². The normalized spacial score (nSPS) is 19.8. The smallest absolute Gasteiger partial charge is 0.227 e. The van der Waals surface area contributed by atoms with Crippen molar-refractivity contribution in [3.63, 3.8) is 0 Å². The van der Waals surface area contributed by atoms with Crippen molar-refractivity contribution in [2.45, 2.75) is 44.6 Å². The van der Waals surface area contributed by atoms with Crippen molar-refractivity contribution in [3.05, 3.63) is 29.9 Å². The van der Waals surface area contributed by atoms with Crippen molar-refractivity contribution in [1.29, 1.82) is 0 Å². The number of pyridine rings is 1. The highest BCUT2D eigenvalue weighted by molar-refractivity contribution is 7.18. The second kappa shape index (κ2) is 8.65. The summed E-state index contributed by atoms with van der Waals surface area (Å²) in [4.78, 5) is 26.6. The van der Waals surface area contributed by atoms with E-state index in [0.717, 1.165) is 72.5 Å². The van der Waals surface area contributed by atoms with E-state index < -0.39 is 0 Å². The molecule has 30 heavy (non-hydrogen) atoms. The average Bonchev–Trinajstić information content (AvgIpc) is 3.45. The van der Waals surface area contributed by atoms with Crippen LogP contribution in [0.25, 0.3) is 21.6 Å². The van der Waals surface area contributed by atoms with E-state index in [9.17, 15) is 4.79 Å². The number of aromatic nitrogens is 3. The largest absolute Gasteiger partial charge is 0.365 e. The number of carbonyl (C=O) groups excluding carboxylic acids is 1. The molecule has 1 aliphatic carbocycles. The molecule has 1 saturated heterocycles. The van der Waals surface area contributed by atoms with Crippen molar-refractivity contribution in [2.24, 2.45) is 5.92 Å². The van der Waals surface area contributed by atoms with Crippen LogP contribution in [0.1, 0.15) is 38.5 Å². The molecule has 0 unspecified atom stereocenters. The van der Waals surface area contributed by atoms with Crippen LogP contribution < -0.4 is 16.0 Å². The first kappa shape index (κ1) is 19.4. The minimum atomic E-state index is 0.109. The minimum absolute atomic E-state index is 0.109. The highest BCUT2D eigenvalue weighted by Gasteiger charge is 2.24. The predicted molar refractivity (Wildman–Crippen MR) is 121 cm³/mol. The van der Waals surface area contributed by atoms with E-state index in [4.69, 9.17) is 9.97 Å². The van der Waals surface area contributed by atoms with E-state index in [2.05, 4.69) is 20.9 Å². The number of anilines is 2. The molecule has 2 aliphatic rings. The molecule has 0 aromatic carbocycles. The van der Waals surface area contributed by atoms with Gasteiger partial charge in [-0.2, -0.15) is 0 Å². The van der Waals surface area contributed by atoms with Crippen LogP contribution in [0.5, 0.6) is 0 Å². The maximum Gasteiger partial charge on any atom is 0.227 e. The summed E-state index contributed by atoms with van der Waals surface area (Å²) in [5.74, 6) is 1.71. The number of fused-ring (bicyclic) bond motifs is 1. The van der Waals surface area contributed by atoms with E-state index in [0.29, 0.717) is 11.9 Å². The quantitative estimate of drug-likeness (QED) is 0.575. The number of nitrogens with zero attached hydrogens (tertiary/aromatic N) is 3. The van der Waals surface area contributed by atoms with Crippen molar-refractivity contribution in [1.82, 2.24) is 20.3 Å². The molecule has 3 N–H and O–H groups in total. The third kappa shape index (κ3) is 4.02. The molecular weight excluding hydrogens is 396 g/mol. The van der Waals surface area contributed by atoms with Crippen LogP contribution >= 0.6 is 11.3 Å². The fraction of sp³-hybridized carbons (Fsp3) is 0.455. The van der Waals surface area contributed by atoms with Crippen molar-refractivity contribution >= 4 is 39.0 Å². The van der Waals surface area contributed by atoms with Crippen LogP contribution in [0.15, 0.2) is 29.9 Å². The van der Waals surface area contributed by atoms with E-state index in [-0.39, 0.29) is 11.8 Å². The van der Waals surface area contributed by atoms with Crippen LogP contribution in [0.4, 0.5) is 11.5 Å². The number of nitrogens with one attached hydrogen (secondary N) is 3. The summed E-state index contributed by atoms with van der Waals surface area (Å²) in [6, 6.07) is 4.17. The summed E-state index contributed by atoms with van der Waals surface area (Å²) in [6.45, 7) is 1.93. The van der Waals surface area contributed by atoms with E-state index in [1.807, 2.05) is 17.5 Å². The standard InChI is InChI=1S/C22H26N6OS/c29-22(15-4-2-1-3-5-15)26-17-13-30-19-18(17)27-20(14-6-9-23-10-7-14)28-21(19)25-16-8-11-24-12-16/h6-7,9-10,13,15-16,24H,1-5,8,11-12H2,(H,26,29)(H,25,27,28)/t16-/m1/s1. The van der Waals surface area contributed by atoms with Crippen LogP contribution in [0.2, 0.25) is 0 Å². The van der Waals surface area contributed by atoms with E-state index in [1.54, 1.807) is 23.7 Å². The summed E-state index contributed by atoms with van der Waals surface area (Å²) in [6.07, 6.45) is 10.0. The zero-order valence-electron chi connectivity index (χ0n) is 16.9. The average molecular weight is 423 g/mol. The van der Waals surface area contributed by atoms with Gasteiger partial charge in [0, 0.05) is 41.8 Å². The molecule has 0 bridgehead atoms. The summed E-state index contributed by atoms with van der Waals surface area (Å²) in [5.41, 5.74) is 2.51. The Morgan fingerprint density at radius 2 is 1.93 bits per heavy atom. The Morgan fingerprint density at radius 1 is 1.10 bits per heavy atom. The Labute approximate surface area is 179 Å². The summed E-state index contributed by atoms with van der Waals surface area (Å²) >= 11 is 1.58. The van der Waals surface area contributed by atoms with Crippen LogP contribution in [-0.2, 0) is 4.79 Å². The van der Waals surface area contributed by atoms with Gasteiger partial charge >= 0.3 is 0 Å². The predicted octanol–water partition coefficient (Wildman–Crippen LogP) is 4.05. The van der Waals surface area contributed by atoms with Gasteiger partial charge in [0.15, 0.2) is 5.82 Å². The molecule has 3 aromatic heterocycles. The van der Waals surface area contributed by atoms with Gasteiger partial charge in [-0.3, -0.25) is 9.78 Å². The Hall–Kier alpha value is -2.58.